The van der Waals surface area contributed by atoms with Crippen LogP contribution in [0.5, 0.6) is 5.88 Å². The van der Waals surface area contributed by atoms with Crippen LogP contribution in [0.1, 0.15) is 11.1 Å². The van der Waals surface area contributed by atoms with Gasteiger partial charge in [0.05, 0.1) is 7.11 Å². The fourth-order valence-corrected chi connectivity index (χ4v) is 2.50. The van der Waals surface area contributed by atoms with Gasteiger partial charge in [0.15, 0.2) is 0 Å². The predicted molar refractivity (Wildman–Crippen MR) is 80.2 cm³/mol. The molecule has 5 heteroatoms. The monoisotopic (exact) mass is 283 g/mol. The molecule has 1 amide bonds. The third-order valence-electron chi connectivity index (χ3n) is 3.58. The minimum absolute atomic E-state index is 0.0166. The van der Waals surface area contributed by atoms with Crippen LogP contribution in [-0.2, 0) is 17.8 Å². The van der Waals surface area contributed by atoms with Gasteiger partial charge in [-0.05, 0) is 17.7 Å². The number of pyridine rings is 1. The molecule has 1 atom stereocenters. The summed E-state index contributed by atoms with van der Waals surface area (Å²) in [6.45, 7) is 0.407. The van der Waals surface area contributed by atoms with Gasteiger partial charge in [-0.15, -0.1) is 0 Å². The number of nitrogens with one attached hydrogen (secondary N) is 2. The van der Waals surface area contributed by atoms with Crippen LogP contribution in [0.25, 0.3) is 0 Å². The Morgan fingerprint density at radius 1 is 1.38 bits per heavy atom. The third-order valence-corrected chi connectivity index (χ3v) is 3.58. The van der Waals surface area contributed by atoms with Gasteiger partial charge in [-0.25, -0.2) is 4.98 Å². The van der Waals surface area contributed by atoms with Crippen LogP contribution in [0, 0.1) is 0 Å². The zero-order valence-electron chi connectivity index (χ0n) is 11.8. The third kappa shape index (κ3) is 2.81. The van der Waals surface area contributed by atoms with E-state index in [4.69, 9.17) is 4.74 Å². The van der Waals surface area contributed by atoms with Crippen LogP contribution in [0.2, 0.25) is 0 Å². The van der Waals surface area contributed by atoms with Crippen molar-refractivity contribution in [2.75, 3.05) is 12.4 Å². The highest BCUT2D eigenvalue weighted by atomic mass is 16.5. The first-order chi connectivity index (χ1) is 10.3. The summed E-state index contributed by atoms with van der Waals surface area (Å²) < 4.78 is 5.18. The van der Waals surface area contributed by atoms with E-state index in [0.717, 1.165) is 11.3 Å². The van der Waals surface area contributed by atoms with Gasteiger partial charge in [-0.2, -0.15) is 0 Å². The largest absolute Gasteiger partial charge is 0.481 e. The molecule has 0 aliphatic carbocycles. The lowest BCUT2D eigenvalue weighted by molar-refractivity contribution is -0.121. The van der Waals surface area contributed by atoms with E-state index >= 15 is 0 Å². The first-order valence-electron chi connectivity index (χ1n) is 6.88. The number of ether oxygens (including phenoxy) is 1. The first kappa shape index (κ1) is 13.4. The Morgan fingerprint density at radius 3 is 3.05 bits per heavy atom. The summed E-state index contributed by atoms with van der Waals surface area (Å²) in [6.07, 6.45) is 2.38. The smallest absolute Gasteiger partial charge is 0.243 e. The van der Waals surface area contributed by atoms with Crippen molar-refractivity contribution in [3.63, 3.8) is 0 Å². The number of benzene rings is 1. The number of anilines is 1. The molecular formula is C16H17N3O2. The molecule has 2 N–H and O–H groups in total. The summed E-state index contributed by atoms with van der Waals surface area (Å²) in [6, 6.07) is 11.5. The molecule has 1 aliphatic rings. The fourth-order valence-electron chi connectivity index (χ4n) is 2.50. The number of carbonyl (C=O) groups excluding carboxylic acids is 1. The van der Waals surface area contributed by atoms with E-state index in [0.29, 0.717) is 18.8 Å². The van der Waals surface area contributed by atoms with Crippen molar-refractivity contribution in [2.45, 2.75) is 19.0 Å². The average molecular weight is 283 g/mol. The molecule has 1 aliphatic heterocycles. The first-order valence-corrected chi connectivity index (χ1v) is 6.88. The van der Waals surface area contributed by atoms with Gasteiger partial charge in [0.2, 0.25) is 11.8 Å². The SMILES string of the molecule is COc1ncccc1CNC(=O)C1Cc2ccccc2N1. The fraction of sp³-hybridized carbons (Fsp3) is 0.250. The van der Waals surface area contributed by atoms with Crippen molar-refractivity contribution in [3.8, 4) is 5.88 Å². The number of fused-ring (bicyclic) bond motifs is 1. The number of rotatable bonds is 4. The maximum Gasteiger partial charge on any atom is 0.243 e. The van der Waals surface area contributed by atoms with Gasteiger partial charge in [0.1, 0.15) is 6.04 Å². The van der Waals surface area contributed by atoms with Gasteiger partial charge >= 0.3 is 0 Å². The standard InChI is InChI=1S/C16H17N3O2/c1-21-16-12(6-4-8-17-16)10-18-15(20)14-9-11-5-2-3-7-13(11)19-14/h2-8,14,19H,9-10H2,1H3,(H,18,20). The molecule has 3 rings (SSSR count). The quantitative estimate of drug-likeness (QED) is 0.897. The van der Waals surface area contributed by atoms with Crippen LogP contribution >= 0.6 is 0 Å². The molecule has 0 fully saturated rings. The number of hydrogen-bond acceptors (Lipinski definition) is 4. The molecule has 0 saturated carbocycles. The minimum atomic E-state index is -0.218. The molecule has 21 heavy (non-hydrogen) atoms. The molecular weight excluding hydrogens is 266 g/mol. The van der Waals surface area contributed by atoms with Crippen molar-refractivity contribution < 1.29 is 9.53 Å². The Bertz CT molecular complexity index is 632. The van der Waals surface area contributed by atoms with E-state index < -0.39 is 0 Å². The maximum atomic E-state index is 12.3. The van der Waals surface area contributed by atoms with Crippen molar-refractivity contribution in [1.82, 2.24) is 10.3 Å². The van der Waals surface area contributed by atoms with Gasteiger partial charge < -0.3 is 15.4 Å². The molecule has 1 unspecified atom stereocenters. The van der Waals surface area contributed by atoms with Crippen LogP contribution in [-0.4, -0.2) is 24.0 Å². The Labute approximate surface area is 123 Å². The highest BCUT2D eigenvalue weighted by molar-refractivity contribution is 5.87. The topological polar surface area (TPSA) is 63.2 Å². The van der Waals surface area contributed by atoms with Gasteiger partial charge in [0.25, 0.3) is 0 Å². The van der Waals surface area contributed by atoms with E-state index in [-0.39, 0.29) is 11.9 Å². The molecule has 108 valence electrons. The average Bonchev–Trinajstić information content (AvgIpc) is 2.97. The van der Waals surface area contributed by atoms with Gasteiger partial charge in [0, 0.05) is 30.4 Å². The summed E-state index contributed by atoms with van der Waals surface area (Å²) in [5.41, 5.74) is 3.08. The molecule has 1 aromatic carbocycles. The summed E-state index contributed by atoms with van der Waals surface area (Å²) in [5, 5.41) is 6.17. The van der Waals surface area contributed by atoms with Crippen molar-refractivity contribution >= 4 is 11.6 Å². The van der Waals surface area contributed by atoms with E-state index in [2.05, 4.69) is 15.6 Å². The number of hydrogen-bond donors (Lipinski definition) is 2. The number of aromatic nitrogens is 1. The molecule has 0 spiro atoms. The molecule has 2 heterocycles. The Kier molecular flexibility index (Phi) is 3.73. The molecule has 0 saturated heterocycles. The summed E-state index contributed by atoms with van der Waals surface area (Å²) in [4.78, 5) is 16.4. The lowest BCUT2D eigenvalue weighted by atomic mass is 10.1. The zero-order valence-corrected chi connectivity index (χ0v) is 11.8. The molecule has 5 nitrogen and oxygen atoms in total. The van der Waals surface area contributed by atoms with E-state index in [1.165, 1.54) is 5.56 Å². The zero-order chi connectivity index (χ0) is 14.7. The lowest BCUT2D eigenvalue weighted by Gasteiger charge is -2.13. The van der Waals surface area contributed by atoms with Crippen molar-refractivity contribution in [3.05, 3.63) is 53.7 Å². The van der Waals surface area contributed by atoms with Gasteiger partial charge in [-0.3, -0.25) is 4.79 Å². The summed E-state index contributed by atoms with van der Waals surface area (Å²) in [7, 11) is 1.57. The Hall–Kier alpha value is -2.56. The van der Waals surface area contributed by atoms with E-state index in [1.807, 2.05) is 36.4 Å². The maximum absolute atomic E-state index is 12.3. The van der Waals surface area contributed by atoms with Crippen LogP contribution in [0.4, 0.5) is 5.69 Å². The highest BCUT2D eigenvalue weighted by Gasteiger charge is 2.26. The number of para-hydroxylation sites is 1. The number of nitrogens with zero attached hydrogens (tertiary/aromatic N) is 1. The van der Waals surface area contributed by atoms with E-state index in [9.17, 15) is 4.79 Å². The second-order valence-corrected chi connectivity index (χ2v) is 4.95. The normalized spacial score (nSPS) is 16.0. The summed E-state index contributed by atoms with van der Waals surface area (Å²) >= 11 is 0. The number of methoxy groups -OCH3 is 1. The lowest BCUT2D eigenvalue weighted by Crippen LogP contribution is -2.38. The van der Waals surface area contributed by atoms with Crippen molar-refractivity contribution in [1.29, 1.82) is 0 Å². The van der Waals surface area contributed by atoms with Crippen molar-refractivity contribution in [2.24, 2.45) is 0 Å². The second kappa shape index (κ2) is 5.83. The van der Waals surface area contributed by atoms with Crippen LogP contribution < -0.4 is 15.4 Å². The summed E-state index contributed by atoms with van der Waals surface area (Å²) in [5.74, 6) is 0.526. The number of carbonyl (C=O) groups is 1. The molecule has 2 aromatic rings. The van der Waals surface area contributed by atoms with Crippen LogP contribution in [0.15, 0.2) is 42.6 Å². The predicted octanol–water partition coefficient (Wildman–Crippen LogP) is 1.74. The minimum Gasteiger partial charge on any atom is -0.481 e. The van der Waals surface area contributed by atoms with E-state index in [1.54, 1.807) is 13.3 Å². The van der Waals surface area contributed by atoms with Gasteiger partial charge in [-0.1, -0.05) is 24.3 Å². The number of amides is 1. The highest BCUT2D eigenvalue weighted by Crippen LogP contribution is 2.25. The second-order valence-electron chi connectivity index (χ2n) is 4.95. The Balaban J connectivity index is 1.61. The molecule has 0 radical (unpaired) electrons. The van der Waals surface area contributed by atoms with Crippen LogP contribution in [0.3, 0.4) is 0 Å². The molecule has 1 aromatic heterocycles. The Morgan fingerprint density at radius 2 is 2.24 bits per heavy atom. The molecule has 0 bridgehead atoms.